The molecule has 1 heterocycles. The lowest BCUT2D eigenvalue weighted by molar-refractivity contribution is 0.102. The van der Waals surface area contributed by atoms with E-state index in [9.17, 15) is 9.59 Å². The number of carbonyl (C=O) groups excluding carboxylic acids is 2. The molecule has 2 rings (SSSR count). The van der Waals surface area contributed by atoms with Gasteiger partial charge in [-0.2, -0.15) is 0 Å². The second-order valence-corrected chi connectivity index (χ2v) is 5.03. The first-order valence-electron chi connectivity index (χ1n) is 6.97. The van der Waals surface area contributed by atoms with Crippen LogP contribution >= 0.6 is 11.6 Å². The van der Waals surface area contributed by atoms with Crippen molar-refractivity contribution < 1.29 is 14.3 Å². The first kappa shape index (κ1) is 16.8. The number of aromatic nitrogens is 1. The number of pyridine rings is 1. The molecule has 7 heteroatoms. The van der Waals surface area contributed by atoms with Gasteiger partial charge in [0.15, 0.2) is 0 Å². The van der Waals surface area contributed by atoms with E-state index in [1.54, 1.807) is 38.1 Å². The Balaban J connectivity index is 2.17. The van der Waals surface area contributed by atoms with Gasteiger partial charge in [-0.3, -0.25) is 10.1 Å². The number of anilines is 2. The van der Waals surface area contributed by atoms with Gasteiger partial charge in [0.25, 0.3) is 5.91 Å². The summed E-state index contributed by atoms with van der Waals surface area (Å²) in [5, 5.41) is 5.65. The predicted octanol–water partition coefficient (Wildman–Crippen LogP) is 3.86. The summed E-state index contributed by atoms with van der Waals surface area (Å²) in [7, 11) is 0. The van der Waals surface area contributed by atoms with Gasteiger partial charge in [0.1, 0.15) is 5.15 Å². The molecule has 0 aliphatic rings. The molecular formula is C16H16ClN3O3. The van der Waals surface area contributed by atoms with Gasteiger partial charge >= 0.3 is 6.09 Å². The Labute approximate surface area is 138 Å². The van der Waals surface area contributed by atoms with Crippen LogP contribution in [0.4, 0.5) is 16.2 Å². The van der Waals surface area contributed by atoms with E-state index >= 15 is 0 Å². The highest BCUT2D eigenvalue weighted by molar-refractivity contribution is 6.29. The zero-order valence-electron chi connectivity index (χ0n) is 12.7. The number of hydrogen-bond donors (Lipinski definition) is 2. The molecule has 0 saturated heterocycles. The SMILES string of the molecule is CCOC(=O)Nc1cccc(NC(=O)c2ccnc(Cl)c2)c1C. The second-order valence-electron chi connectivity index (χ2n) is 4.64. The van der Waals surface area contributed by atoms with E-state index in [0.717, 1.165) is 0 Å². The summed E-state index contributed by atoms with van der Waals surface area (Å²) in [6.45, 7) is 3.80. The first-order chi connectivity index (χ1) is 11.0. The van der Waals surface area contributed by atoms with Crippen molar-refractivity contribution in [3.8, 4) is 0 Å². The van der Waals surface area contributed by atoms with Crippen LogP contribution in [0.5, 0.6) is 0 Å². The first-order valence-corrected chi connectivity index (χ1v) is 7.35. The average Bonchev–Trinajstić information content (AvgIpc) is 2.51. The minimum absolute atomic E-state index is 0.243. The van der Waals surface area contributed by atoms with Crippen LogP contribution in [0.1, 0.15) is 22.8 Å². The van der Waals surface area contributed by atoms with Crippen molar-refractivity contribution in [1.82, 2.24) is 4.98 Å². The lowest BCUT2D eigenvalue weighted by Gasteiger charge is -2.13. The summed E-state index contributed by atoms with van der Waals surface area (Å²) in [4.78, 5) is 27.6. The zero-order chi connectivity index (χ0) is 16.8. The van der Waals surface area contributed by atoms with Gasteiger partial charge in [-0.15, -0.1) is 0 Å². The van der Waals surface area contributed by atoms with Gasteiger partial charge in [-0.05, 0) is 43.7 Å². The Kier molecular flexibility index (Phi) is 5.54. The minimum atomic E-state index is -0.542. The smallest absolute Gasteiger partial charge is 0.411 e. The van der Waals surface area contributed by atoms with E-state index in [2.05, 4.69) is 15.6 Å². The van der Waals surface area contributed by atoms with Crippen LogP contribution in [-0.2, 0) is 4.74 Å². The van der Waals surface area contributed by atoms with Crippen molar-refractivity contribution in [2.75, 3.05) is 17.2 Å². The van der Waals surface area contributed by atoms with E-state index in [0.29, 0.717) is 22.5 Å². The van der Waals surface area contributed by atoms with Crippen molar-refractivity contribution in [1.29, 1.82) is 0 Å². The van der Waals surface area contributed by atoms with E-state index in [-0.39, 0.29) is 17.7 Å². The average molecular weight is 334 g/mol. The van der Waals surface area contributed by atoms with Crippen LogP contribution in [-0.4, -0.2) is 23.6 Å². The van der Waals surface area contributed by atoms with Crippen LogP contribution in [0.3, 0.4) is 0 Å². The number of nitrogens with one attached hydrogen (secondary N) is 2. The summed E-state index contributed by atoms with van der Waals surface area (Å²) in [6.07, 6.45) is 0.919. The monoisotopic (exact) mass is 333 g/mol. The highest BCUT2D eigenvalue weighted by atomic mass is 35.5. The molecule has 0 spiro atoms. The second kappa shape index (κ2) is 7.60. The summed E-state index contributed by atoms with van der Waals surface area (Å²) in [5.74, 6) is -0.314. The number of amides is 2. The third-order valence-electron chi connectivity index (χ3n) is 3.08. The minimum Gasteiger partial charge on any atom is -0.450 e. The molecule has 0 radical (unpaired) electrons. The van der Waals surface area contributed by atoms with Crippen LogP contribution in [0.25, 0.3) is 0 Å². The van der Waals surface area contributed by atoms with Crippen molar-refractivity contribution in [3.63, 3.8) is 0 Å². The Morgan fingerprint density at radius 2 is 1.91 bits per heavy atom. The largest absolute Gasteiger partial charge is 0.450 e. The fourth-order valence-electron chi connectivity index (χ4n) is 1.92. The van der Waals surface area contributed by atoms with Gasteiger partial charge < -0.3 is 10.1 Å². The summed E-state index contributed by atoms with van der Waals surface area (Å²) in [5.41, 5.74) is 2.26. The fourth-order valence-corrected chi connectivity index (χ4v) is 2.10. The van der Waals surface area contributed by atoms with Gasteiger partial charge in [0.05, 0.1) is 6.61 Å². The van der Waals surface area contributed by atoms with E-state index in [1.165, 1.54) is 12.3 Å². The zero-order valence-corrected chi connectivity index (χ0v) is 13.5. The third-order valence-corrected chi connectivity index (χ3v) is 3.29. The maximum Gasteiger partial charge on any atom is 0.411 e. The normalized spacial score (nSPS) is 10.0. The van der Waals surface area contributed by atoms with Gasteiger partial charge in [-0.1, -0.05) is 17.7 Å². The van der Waals surface area contributed by atoms with E-state index in [4.69, 9.17) is 16.3 Å². The highest BCUT2D eigenvalue weighted by Gasteiger charge is 2.12. The number of nitrogens with zero attached hydrogens (tertiary/aromatic N) is 1. The number of rotatable bonds is 4. The number of carbonyl (C=O) groups is 2. The Hall–Kier alpha value is -2.60. The van der Waals surface area contributed by atoms with Crippen LogP contribution in [0.2, 0.25) is 5.15 Å². The highest BCUT2D eigenvalue weighted by Crippen LogP contribution is 2.24. The lowest BCUT2D eigenvalue weighted by Crippen LogP contribution is -2.16. The summed E-state index contributed by atoms with van der Waals surface area (Å²) in [6, 6.07) is 8.24. The van der Waals surface area contributed by atoms with Gasteiger partial charge in [0, 0.05) is 23.1 Å². The summed E-state index contributed by atoms with van der Waals surface area (Å²) >= 11 is 5.78. The molecule has 0 unspecified atom stereocenters. The van der Waals surface area contributed by atoms with Gasteiger partial charge in [0.2, 0.25) is 0 Å². The topological polar surface area (TPSA) is 80.3 Å². The number of halogens is 1. The molecule has 0 aliphatic heterocycles. The van der Waals surface area contributed by atoms with E-state index < -0.39 is 6.09 Å². The standard InChI is InChI=1S/C16H16ClN3O3/c1-3-23-16(22)20-13-6-4-5-12(10(13)2)19-15(21)11-7-8-18-14(17)9-11/h4-9H,3H2,1-2H3,(H,19,21)(H,20,22). The molecule has 2 aromatic rings. The van der Waals surface area contributed by atoms with Crippen molar-refractivity contribution >= 4 is 35.0 Å². The molecule has 6 nitrogen and oxygen atoms in total. The van der Waals surface area contributed by atoms with E-state index in [1.807, 2.05) is 0 Å². The molecule has 1 aromatic carbocycles. The molecular weight excluding hydrogens is 318 g/mol. The van der Waals surface area contributed by atoms with Crippen LogP contribution in [0, 0.1) is 6.92 Å². The summed E-state index contributed by atoms with van der Waals surface area (Å²) < 4.78 is 4.85. The van der Waals surface area contributed by atoms with Gasteiger partial charge in [-0.25, -0.2) is 9.78 Å². The Morgan fingerprint density at radius 1 is 1.22 bits per heavy atom. The van der Waals surface area contributed by atoms with Crippen molar-refractivity contribution in [3.05, 3.63) is 52.8 Å². The maximum atomic E-state index is 12.2. The molecule has 0 fully saturated rings. The molecule has 2 N–H and O–H groups in total. The third kappa shape index (κ3) is 4.43. The molecule has 2 amide bonds. The Morgan fingerprint density at radius 3 is 2.57 bits per heavy atom. The van der Waals surface area contributed by atoms with Crippen molar-refractivity contribution in [2.45, 2.75) is 13.8 Å². The molecule has 0 aliphatic carbocycles. The lowest BCUT2D eigenvalue weighted by atomic mass is 10.1. The fraction of sp³-hybridized carbons (Fsp3) is 0.188. The molecule has 1 aromatic heterocycles. The van der Waals surface area contributed by atoms with Crippen LogP contribution < -0.4 is 10.6 Å². The molecule has 0 atom stereocenters. The molecule has 120 valence electrons. The number of hydrogen-bond acceptors (Lipinski definition) is 4. The molecule has 0 saturated carbocycles. The maximum absolute atomic E-state index is 12.2. The molecule has 0 bridgehead atoms. The number of benzene rings is 1. The van der Waals surface area contributed by atoms with Crippen LogP contribution in [0.15, 0.2) is 36.5 Å². The molecule has 23 heavy (non-hydrogen) atoms. The predicted molar refractivity (Wildman–Crippen MR) is 89.0 cm³/mol. The number of ether oxygens (including phenoxy) is 1. The Bertz CT molecular complexity index is 734. The quantitative estimate of drug-likeness (QED) is 0.832. The van der Waals surface area contributed by atoms with Crippen molar-refractivity contribution in [2.24, 2.45) is 0 Å².